The number of imide groups is 1. The second-order valence-electron chi connectivity index (χ2n) is 6.71. The number of piperidine rings is 3. The highest BCUT2D eigenvalue weighted by Gasteiger charge is 2.48. The summed E-state index contributed by atoms with van der Waals surface area (Å²) in [6, 6.07) is 0.674. The summed E-state index contributed by atoms with van der Waals surface area (Å²) in [6.07, 6.45) is 7.78. The van der Waals surface area contributed by atoms with E-state index in [1.807, 2.05) is 0 Å². The maximum Gasteiger partial charge on any atom is 0.229 e. The van der Waals surface area contributed by atoms with Crippen molar-refractivity contribution in [3.8, 4) is 0 Å². The molecule has 0 N–H and O–H groups in total. The minimum absolute atomic E-state index is 0.0836. The fraction of sp³-hybridized carbons (Fsp3) is 0.867. The SMILES string of the molecule is C[N+]12CCCCC1C(N1C(=O)CCCC1=O)CCC2. The van der Waals surface area contributed by atoms with Crippen LogP contribution in [-0.2, 0) is 9.59 Å². The van der Waals surface area contributed by atoms with E-state index in [1.165, 1.54) is 32.4 Å². The fourth-order valence-electron chi connectivity index (χ4n) is 4.49. The van der Waals surface area contributed by atoms with E-state index < -0.39 is 0 Å². The van der Waals surface area contributed by atoms with Crippen LogP contribution in [0.5, 0.6) is 0 Å². The molecule has 3 unspecified atom stereocenters. The van der Waals surface area contributed by atoms with E-state index in [0.29, 0.717) is 18.9 Å². The Labute approximate surface area is 115 Å². The molecule has 3 fully saturated rings. The highest BCUT2D eigenvalue weighted by molar-refractivity contribution is 5.98. The topological polar surface area (TPSA) is 37.4 Å². The first-order chi connectivity index (χ1) is 9.12. The third kappa shape index (κ3) is 2.20. The molecule has 4 heteroatoms. The smallest absolute Gasteiger partial charge is 0.229 e. The average Bonchev–Trinajstić information content (AvgIpc) is 2.38. The van der Waals surface area contributed by atoms with Crippen LogP contribution in [0.1, 0.15) is 51.4 Å². The number of rotatable bonds is 1. The van der Waals surface area contributed by atoms with E-state index in [-0.39, 0.29) is 17.9 Å². The van der Waals surface area contributed by atoms with Crippen molar-refractivity contribution in [2.24, 2.45) is 0 Å². The van der Waals surface area contributed by atoms with Crippen LogP contribution in [0.4, 0.5) is 0 Å². The first kappa shape index (κ1) is 13.1. The summed E-state index contributed by atoms with van der Waals surface area (Å²) in [5, 5.41) is 0. The van der Waals surface area contributed by atoms with Gasteiger partial charge in [-0.3, -0.25) is 14.5 Å². The van der Waals surface area contributed by atoms with Gasteiger partial charge in [-0.1, -0.05) is 0 Å². The van der Waals surface area contributed by atoms with Gasteiger partial charge in [0.05, 0.1) is 26.2 Å². The van der Waals surface area contributed by atoms with Crippen molar-refractivity contribution >= 4 is 11.8 Å². The van der Waals surface area contributed by atoms with E-state index in [9.17, 15) is 9.59 Å². The molecule has 0 bridgehead atoms. The zero-order valence-corrected chi connectivity index (χ0v) is 11.9. The minimum atomic E-state index is 0.0836. The molecule has 0 aliphatic carbocycles. The highest BCUT2D eigenvalue weighted by Crippen LogP contribution is 2.36. The highest BCUT2D eigenvalue weighted by atomic mass is 16.2. The molecule has 0 radical (unpaired) electrons. The molecule has 0 aromatic carbocycles. The number of hydrogen-bond acceptors (Lipinski definition) is 2. The van der Waals surface area contributed by atoms with Crippen molar-refractivity contribution in [2.75, 3.05) is 20.1 Å². The zero-order chi connectivity index (χ0) is 13.5. The van der Waals surface area contributed by atoms with Crippen molar-refractivity contribution in [1.29, 1.82) is 0 Å². The van der Waals surface area contributed by atoms with Crippen molar-refractivity contribution in [2.45, 2.75) is 63.5 Å². The average molecular weight is 265 g/mol. The summed E-state index contributed by atoms with van der Waals surface area (Å²) in [4.78, 5) is 26.0. The van der Waals surface area contributed by atoms with Gasteiger partial charge in [-0.2, -0.15) is 0 Å². The Hall–Kier alpha value is -0.900. The molecule has 0 aromatic heterocycles. The molecule has 0 aromatic rings. The maximum absolute atomic E-state index is 12.2. The van der Waals surface area contributed by atoms with E-state index in [1.54, 1.807) is 4.90 Å². The molecule has 3 heterocycles. The molecule has 0 spiro atoms. The molecule has 2 amide bonds. The number of likely N-dealkylation sites (tertiary alicyclic amines) is 1. The second-order valence-corrected chi connectivity index (χ2v) is 6.71. The molecule has 3 saturated heterocycles. The number of carbonyl (C=O) groups is 2. The number of amides is 2. The van der Waals surface area contributed by atoms with Gasteiger partial charge in [0.25, 0.3) is 0 Å². The lowest BCUT2D eigenvalue weighted by Crippen LogP contribution is -2.67. The van der Waals surface area contributed by atoms with Crippen LogP contribution >= 0.6 is 0 Å². The van der Waals surface area contributed by atoms with Gasteiger partial charge in [-0.15, -0.1) is 0 Å². The molecule has 106 valence electrons. The monoisotopic (exact) mass is 265 g/mol. The Bertz CT molecular complexity index is 376. The normalized spacial score (nSPS) is 40.2. The quantitative estimate of drug-likeness (QED) is 0.534. The Kier molecular flexibility index (Phi) is 3.37. The van der Waals surface area contributed by atoms with Crippen LogP contribution in [0.25, 0.3) is 0 Å². The van der Waals surface area contributed by atoms with Gasteiger partial charge in [0.1, 0.15) is 6.04 Å². The second kappa shape index (κ2) is 4.89. The standard InChI is InChI=1S/C15H25N2O2/c1-17-10-3-2-7-13(17)12(6-5-11-17)16-14(18)8-4-9-15(16)19/h12-13H,2-11H2,1H3/q+1. The van der Waals surface area contributed by atoms with Gasteiger partial charge in [0.2, 0.25) is 11.8 Å². The van der Waals surface area contributed by atoms with Gasteiger partial charge < -0.3 is 4.48 Å². The first-order valence-electron chi connectivity index (χ1n) is 7.81. The Balaban J connectivity index is 1.86. The number of carbonyl (C=O) groups excluding carboxylic acids is 2. The van der Waals surface area contributed by atoms with E-state index in [0.717, 1.165) is 23.7 Å². The van der Waals surface area contributed by atoms with Crippen molar-refractivity contribution in [3.63, 3.8) is 0 Å². The van der Waals surface area contributed by atoms with E-state index in [2.05, 4.69) is 7.05 Å². The first-order valence-corrected chi connectivity index (χ1v) is 7.81. The molecule has 0 saturated carbocycles. The Morgan fingerprint density at radius 3 is 2.37 bits per heavy atom. The number of quaternary nitrogens is 1. The predicted molar refractivity (Wildman–Crippen MR) is 72.3 cm³/mol. The van der Waals surface area contributed by atoms with Crippen LogP contribution in [0.15, 0.2) is 0 Å². The lowest BCUT2D eigenvalue weighted by molar-refractivity contribution is -0.944. The van der Waals surface area contributed by atoms with Crippen LogP contribution in [0.2, 0.25) is 0 Å². The van der Waals surface area contributed by atoms with Gasteiger partial charge in [-0.05, 0) is 32.1 Å². The van der Waals surface area contributed by atoms with Gasteiger partial charge in [0, 0.05) is 19.3 Å². The van der Waals surface area contributed by atoms with Crippen LogP contribution in [0, 0.1) is 0 Å². The van der Waals surface area contributed by atoms with E-state index >= 15 is 0 Å². The van der Waals surface area contributed by atoms with Crippen LogP contribution in [0.3, 0.4) is 0 Å². The summed E-state index contributed by atoms with van der Waals surface area (Å²) in [5.74, 6) is 0.167. The van der Waals surface area contributed by atoms with Gasteiger partial charge in [-0.25, -0.2) is 0 Å². The molecule has 3 rings (SSSR count). The molecule has 3 aliphatic heterocycles. The van der Waals surface area contributed by atoms with Gasteiger partial charge in [0.15, 0.2) is 0 Å². The van der Waals surface area contributed by atoms with Crippen LogP contribution < -0.4 is 0 Å². The molecular weight excluding hydrogens is 240 g/mol. The Morgan fingerprint density at radius 1 is 0.947 bits per heavy atom. The number of fused-ring (bicyclic) bond motifs is 1. The fourth-order valence-corrected chi connectivity index (χ4v) is 4.49. The minimum Gasteiger partial charge on any atom is -0.322 e. The predicted octanol–water partition coefficient (Wildman–Crippen LogP) is 1.69. The third-order valence-corrected chi connectivity index (χ3v) is 5.48. The number of hydrogen-bond donors (Lipinski definition) is 0. The summed E-state index contributed by atoms with van der Waals surface area (Å²) < 4.78 is 1.09. The Morgan fingerprint density at radius 2 is 1.63 bits per heavy atom. The van der Waals surface area contributed by atoms with Gasteiger partial charge >= 0.3 is 0 Å². The third-order valence-electron chi connectivity index (χ3n) is 5.48. The largest absolute Gasteiger partial charge is 0.322 e. The summed E-state index contributed by atoms with van der Waals surface area (Å²) in [7, 11) is 2.33. The lowest BCUT2D eigenvalue weighted by atomic mass is 9.84. The summed E-state index contributed by atoms with van der Waals surface area (Å²) >= 11 is 0. The van der Waals surface area contributed by atoms with Crippen molar-refractivity contribution in [3.05, 3.63) is 0 Å². The zero-order valence-electron chi connectivity index (χ0n) is 11.9. The van der Waals surface area contributed by atoms with Crippen molar-refractivity contribution < 1.29 is 14.1 Å². The molecule has 4 nitrogen and oxygen atoms in total. The van der Waals surface area contributed by atoms with Crippen molar-refractivity contribution in [1.82, 2.24) is 4.90 Å². The lowest BCUT2D eigenvalue weighted by Gasteiger charge is -2.53. The summed E-state index contributed by atoms with van der Waals surface area (Å²) in [6.45, 7) is 2.44. The maximum atomic E-state index is 12.2. The summed E-state index contributed by atoms with van der Waals surface area (Å²) in [5.41, 5.74) is 0. The van der Waals surface area contributed by atoms with E-state index in [4.69, 9.17) is 0 Å². The molecule has 3 aliphatic rings. The molecular formula is C15H25N2O2+. The molecule has 19 heavy (non-hydrogen) atoms. The number of nitrogens with zero attached hydrogens (tertiary/aromatic N) is 2. The number of likely N-dealkylation sites (N-methyl/N-ethyl adjacent to an activating group) is 1. The molecule has 3 atom stereocenters. The van der Waals surface area contributed by atoms with Crippen LogP contribution in [-0.4, -0.2) is 53.4 Å².